The molecule has 1 aromatic carbocycles. The van der Waals surface area contributed by atoms with Gasteiger partial charge in [0.25, 0.3) is 0 Å². The standard InChI is InChI=1S/C16H21ClN4/c1-3-21(4-2)14(13-8-6-5-7-9-13)12-20-16-15(17)18-10-11-19-16/h5-11,14H,3-4,12H2,1-2H3,(H,19,20). The van der Waals surface area contributed by atoms with E-state index < -0.39 is 0 Å². The van der Waals surface area contributed by atoms with Crippen LogP contribution in [0.25, 0.3) is 0 Å². The average Bonchev–Trinajstić information content (AvgIpc) is 2.54. The second kappa shape index (κ2) is 7.96. The lowest BCUT2D eigenvalue weighted by atomic mass is 10.1. The predicted molar refractivity (Wildman–Crippen MR) is 87.6 cm³/mol. The second-order valence-corrected chi connectivity index (χ2v) is 5.08. The van der Waals surface area contributed by atoms with Gasteiger partial charge in [-0.1, -0.05) is 55.8 Å². The first kappa shape index (κ1) is 15.7. The maximum atomic E-state index is 6.05. The summed E-state index contributed by atoms with van der Waals surface area (Å²) in [5.41, 5.74) is 1.29. The first-order chi connectivity index (χ1) is 10.3. The fourth-order valence-electron chi connectivity index (χ4n) is 2.43. The molecular formula is C16H21ClN4. The number of hydrogen-bond acceptors (Lipinski definition) is 4. The smallest absolute Gasteiger partial charge is 0.171 e. The van der Waals surface area contributed by atoms with Crippen LogP contribution in [0.4, 0.5) is 5.82 Å². The van der Waals surface area contributed by atoms with E-state index in [2.05, 4.69) is 58.3 Å². The van der Waals surface area contributed by atoms with E-state index in [4.69, 9.17) is 11.6 Å². The van der Waals surface area contributed by atoms with Crippen LogP contribution in [0, 0.1) is 0 Å². The molecule has 1 N–H and O–H groups in total. The molecule has 21 heavy (non-hydrogen) atoms. The molecule has 112 valence electrons. The van der Waals surface area contributed by atoms with Crippen LogP contribution in [-0.2, 0) is 0 Å². The van der Waals surface area contributed by atoms with Crippen molar-refractivity contribution in [3.05, 3.63) is 53.4 Å². The normalized spacial score (nSPS) is 12.4. The third kappa shape index (κ3) is 4.16. The molecule has 0 amide bonds. The fraction of sp³-hybridized carbons (Fsp3) is 0.375. The minimum atomic E-state index is 0.277. The number of benzene rings is 1. The van der Waals surface area contributed by atoms with Crippen LogP contribution < -0.4 is 5.32 Å². The molecule has 1 heterocycles. The summed E-state index contributed by atoms with van der Waals surface area (Å²) in [6.45, 7) is 7.07. The highest BCUT2D eigenvalue weighted by Gasteiger charge is 2.18. The third-order valence-electron chi connectivity index (χ3n) is 3.55. The summed E-state index contributed by atoms with van der Waals surface area (Å²) >= 11 is 6.05. The summed E-state index contributed by atoms with van der Waals surface area (Å²) in [6.07, 6.45) is 3.23. The summed E-state index contributed by atoms with van der Waals surface area (Å²) in [4.78, 5) is 10.7. The van der Waals surface area contributed by atoms with E-state index in [1.54, 1.807) is 12.4 Å². The van der Waals surface area contributed by atoms with Crippen molar-refractivity contribution < 1.29 is 0 Å². The highest BCUT2D eigenvalue weighted by Crippen LogP contribution is 2.22. The van der Waals surface area contributed by atoms with Gasteiger partial charge in [0, 0.05) is 18.9 Å². The number of halogens is 1. The zero-order valence-electron chi connectivity index (χ0n) is 12.5. The van der Waals surface area contributed by atoms with Gasteiger partial charge < -0.3 is 5.32 Å². The minimum absolute atomic E-state index is 0.277. The Kier molecular flexibility index (Phi) is 5.96. The van der Waals surface area contributed by atoms with Crippen molar-refractivity contribution >= 4 is 17.4 Å². The molecule has 0 bridgehead atoms. The molecular weight excluding hydrogens is 284 g/mol. The zero-order valence-corrected chi connectivity index (χ0v) is 13.2. The van der Waals surface area contributed by atoms with Crippen LogP contribution in [0.1, 0.15) is 25.5 Å². The van der Waals surface area contributed by atoms with Crippen molar-refractivity contribution in [2.45, 2.75) is 19.9 Å². The highest BCUT2D eigenvalue weighted by molar-refractivity contribution is 6.31. The van der Waals surface area contributed by atoms with Gasteiger partial charge in [-0.3, -0.25) is 4.90 Å². The maximum Gasteiger partial charge on any atom is 0.171 e. The molecule has 4 nitrogen and oxygen atoms in total. The van der Waals surface area contributed by atoms with Crippen LogP contribution in [0.3, 0.4) is 0 Å². The molecule has 0 aliphatic rings. The number of rotatable bonds is 7. The Hall–Kier alpha value is -1.65. The first-order valence-electron chi connectivity index (χ1n) is 7.25. The van der Waals surface area contributed by atoms with Gasteiger partial charge >= 0.3 is 0 Å². The molecule has 5 heteroatoms. The van der Waals surface area contributed by atoms with E-state index in [1.807, 2.05) is 6.07 Å². The highest BCUT2D eigenvalue weighted by atomic mass is 35.5. The number of nitrogens with one attached hydrogen (secondary N) is 1. The lowest BCUT2D eigenvalue weighted by molar-refractivity contribution is 0.228. The van der Waals surface area contributed by atoms with Gasteiger partial charge in [0.05, 0.1) is 6.04 Å². The molecule has 1 atom stereocenters. The Morgan fingerprint density at radius 1 is 1.10 bits per heavy atom. The molecule has 0 spiro atoms. The summed E-state index contributed by atoms with van der Waals surface area (Å²) in [7, 11) is 0. The number of likely N-dealkylation sites (N-methyl/N-ethyl adjacent to an activating group) is 1. The lowest BCUT2D eigenvalue weighted by Gasteiger charge is -2.30. The molecule has 0 aliphatic carbocycles. The van der Waals surface area contributed by atoms with E-state index in [0.29, 0.717) is 11.0 Å². The van der Waals surface area contributed by atoms with E-state index >= 15 is 0 Å². The minimum Gasteiger partial charge on any atom is -0.366 e. The lowest BCUT2D eigenvalue weighted by Crippen LogP contribution is -2.33. The first-order valence-corrected chi connectivity index (χ1v) is 7.63. The Morgan fingerprint density at radius 2 is 1.76 bits per heavy atom. The quantitative estimate of drug-likeness (QED) is 0.848. The Balaban J connectivity index is 2.15. The molecule has 0 saturated heterocycles. The Morgan fingerprint density at radius 3 is 2.38 bits per heavy atom. The van der Waals surface area contributed by atoms with Crippen molar-refractivity contribution in [1.82, 2.24) is 14.9 Å². The topological polar surface area (TPSA) is 41.0 Å². The van der Waals surface area contributed by atoms with E-state index in [9.17, 15) is 0 Å². The second-order valence-electron chi connectivity index (χ2n) is 4.72. The molecule has 2 rings (SSSR count). The molecule has 0 aliphatic heterocycles. The van der Waals surface area contributed by atoms with Gasteiger partial charge in [-0.15, -0.1) is 0 Å². The maximum absolute atomic E-state index is 6.05. The largest absolute Gasteiger partial charge is 0.366 e. The van der Waals surface area contributed by atoms with Gasteiger partial charge in [0.2, 0.25) is 0 Å². The van der Waals surface area contributed by atoms with Crippen molar-refractivity contribution in [3.63, 3.8) is 0 Å². The molecule has 1 aromatic heterocycles. The Bertz CT molecular complexity index is 543. The number of hydrogen-bond donors (Lipinski definition) is 1. The van der Waals surface area contributed by atoms with Crippen molar-refractivity contribution in [2.24, 2.45) is 0 Å². The number of nitrogens with zero attached hydrogens (tertiary/aromatic N) is 3. The summed E-state index contributed by atoms with van der Waals surface area (Å²) < 4.78 is 0. The molecule has 1 unspecified atom stereocenters. The number of aromatic nitrogens is 2. The number of anilines is 1. The van der Waals surface area contributed by atoms with Crippen molar-refractivity contribution in [3.8, 4) is 0 Å². The van der Waals surface area contributed by atoms with Crippen LogP contribution in [0.5, 0.6) is 0 Å². The van der Waals surface area contributed by atoms with Gasteiger partial charge in [0.15, 0.2) is 11.0 Å². The Labute approximate surface area is 131 Å². The SMILES string of the molecule is CCN(CC)C(CNc1nccnc1Cl)c1ccccc1. The van der Waals surface area contributed by atoms with Gasteiger partial charge in [-0.25, -0.2) is 9.97 Å². The summed E-state index contributed by atoms with van der Waals surface area (Å²) in [5.74, 6) is 0.632. The van der Waals surface area contributed by atoms with Gasteiger partial charge in [0.1, 0.15) is 0 Å². The van der Waals surface area contributed by atoms with Crippen LogP contribution >= 0.6 is 11.6 Å². The third-order valence-corrected chi connectivity index (χ3v) is 3.83. The molecule has 0 radical (unpaired) electrons. The molecule has 0 fully saturated rings. The van der Waals surface area contributed by atoms with E-state index in [-0.39, 0.29) is 6.04 Å². The molecule has 0 saturated carbocycles. The van der Waals surface area contributed by atoms with Crippen LogP contribution in [-0.4, -0.2) is 34.5 Å². The van der Waals surface area contributed by atoms with Gasteiger partial charge in [-0.2, -0.15) is 0 Å². The summed E-state index contributed by atoms with van der Waals surface area (Å²) in [6, 6.07) is 10.8. The van der Waals surface area contributed by atoms with Gasteiger partial charge in [-0.05, 0) is 18.7 Å². The van der Waals surface area contributed by atoms with Crippen LogP contribution in [0.2, 0.25) is 5.15 Å². The summed E-state index contributed by atoms with van der Waals surface area (Å²) in [5, 5.41) is 3.72. The monoisotopic (exact) mass is 304 g/mol. The van der Waals surface area contributed by atoms with Crippen LogP contribution in [0.15, 0.2) is 42.7 Å². The predicted octanol–water partition coefficient (Wildman–Crippen LogP) is 3.63. The average molecular weight is 305 g/mol. The van der Waals surface area contributed by atoms with E-state index in [1.165, 1.54) is 5.56 Å². The van der Waals surface area contributed by atoms with Crippen molar-refractivity contribution in [1.29, 1.82) is 0 Å². The van der Waals surface area contributed by atoms with Crippen molar-refractivity contribution in [2.75, 3.05) is 25.0 Å². The molecule has 2 aromatic rings. The van der Waals surface area contributed by atoms with E-state index in [0.717, 1.165) is 19.6 Å². The fourth-order valence-corrected chi connectivity index (χ4v) is 2.60. The zero-order chi connectivity index (χ0) is 15.1.